The minimum Gasteiger partial charge on any atom is -0.506 e. The van der Waals surface area contributed by atoms with Crippen LogP contribution >= 0.6 is 9.21 Å². The molecule has 0 aliphatic heterocycles. The lowest BCUT2D eigenvalue weighted by Crippen LogP contribution is -1.79. The minimum absolute atomic E-state index is 0.175. The van der Waals surface area contributed by atoms with Crippen molar-refractivity contribution >= 4 is 20.9 Å². The smallest absolute Gasteiger partial charge is 0.134 e. The summed E-state index contributed by atoms with van der Waals surface area (Å²) in [7, 11) is -1.25. The van der Waals surface area contributed by atoms with Crippen LogP contribution in [0, 0.1) is 0 Å². The van der Waals surface area contributed by atoms with E-state index in [1.165, 1.54) is 6.20 Å². The van der Waals surface area contributed by atoms with Crippen LogP contribution in [-0.4, -0.2) is 28.1 Å². The van der Waals surface area contributed by atoms with E-state index in [1.807, 2.05) is 6.26 Å². The van der Waals surface area contributed by atoms with Crippen LogP contribution in [0.25, 0.3) is 0 Å². The highest BCUT2D eigenvalue weighted by molar-refractivity contribution is 8.27. The van der Waals surface area contributed by atoms with Crippen LogP contribution in [0.15, 0.2) is 23.4 Å². The van der Waals surface area contributed by atoms with Crippen molar-refractivity contribution in [3.05, 3.63) is 18.5 Å². The Labute approximate surface area is 67.0 Å². The predicted molar refractivity (Wildman–Crippen MR) is 51.9 cm³/mol. The summed E-state index contributed by atoms with van der Waals surface area (Å²) in [6.07, 6.45) is 5.03. The molecule has 0 aliphatic carbocycles. The van der Waals surface area contributed by atoms with Crippen molar-refractivity contribution in [1.82, 2.24) is 4.98 Å². The molecule has 0 radical (unpaired) electrons. The van der Waals surface area contributed by atoms with E-state index in [9.17, 15) is 0 Å². The lowest BCUT2D eigenvalue weighted by Gasteiger charge is -2.06. The Morgan fingerprint density at radius 1 is 1.45 bits per heavy atom. The van der Waals surface area contributed by atoms with Gasteiger partial charge in [-0.3, -0.25) is 4.98 Å². The standard InChI is InChI=1S/C8H11NOS/c1-11(2,3)8-4-7(10)5-9-6-8/h4-6,10H,1-2H2,3H3. The van der Waals surface area contributed by atoms with Gasteiger partial charge in [0.25, 0.3) is 0 Å². The Balaban J connectivity index is 3.28. The number of rotatable bonds is 1. The van der Waals surface area contributed by atoms with E-state index >= 15 is 0 Å². The summed E-state index contributed by atoms with van der Waals surface area (Å²) >= 11 is 0. The van der Waals surface area contributed by atoms with E-state index in [2.05, 4.69) is 16.7 Å². The van der Waals surface area contributed by atoms with Crippen molar-refractivity contribution in [1.29, 1.82) is 0 Å². The lowest BCUT2D eigenvalue weighted by molar-refractivity contribution is 0.471. The zero-order chi connectivity index (χ0) is 8.48. The van der Waals surface area contributed by atoms with Gasteiger partial charge in [-0.05, 0) is 12.3 Å². The molecule has 1 aromatic heterocycles. The number of hydrogen-bond donors (Lipinski definition) is 1. The van der Waals surface area contributed by atoms with Crippen molar-refractivity contribution in [3.63, 3.8) is 0 Å². The maximum absolute atomic E-state index is 9.07. The van der Waals surface area contributed by atoms with Gasteiger partial charge in [-0.2, -0.15) is 9.21 Å². The van der Waals surface area contributed by atoms with Gasteiger partial charge in [-0.25, -0.2) is 0 Å². The summed E-state index contributed by atoms with van der Waals surface area (Å²) < 4.78 is 0. The molecule has 0 saturated carbocycles. The highest BCUT2D eigenvalue weighted by Crippen LogP contribution is 2.28. The average Bonchev–Trinajstić information content (AvgIpc) is 1.86. The van der Waals surface area contributed by atoms with Crippen LogP contribution in [0.4, 0.5) is 0 Å². The van der Waals surface area contributed by atoms with Gasteiger partial charge in [0.1, 0.15) is 5.75 Å². The number of hydrogen-bond acceptors (Lipinski definition) is 2. The summed E-state index contributed by atoms with van der Waals surface area (Å²) in [5, 5.41) is 9.07. The van der Waals surface area contributed by atoms with Gasteiger partial charge in [0.15, 0.2) is 0 Å². The molecule has 3 heteroatoms. The fraction of sp³-hybridized carbons (Fsp3) is 0.125. The zero-order valence-corrected chi connectivity index (χ0v) is 7.27. The molecule has 1 rings (SSSR count). The molecule has 0 unspecified atom stereocenters. The molecule has 11 heavy (non-hydrogen) atoms. The van der Waals surface area contributed by atoms with Crippen LogP contribution in [0.5, 0.6) is 5.75 Å². The van der Waals surface area contributed by atoms with Crippen molar-refractivity contribution < 1.29 is 5.11 Å². The van der Waals surface area contributed by atoms with Crippen LogP contribution in [0.1, 0.15) is 0 Å². The third kappa shape index (κ3) is 1.98. The Kier molecular flexibility index (Phi) is 1.91. The number of nitrogens with zero attached hydrogens (tertiary/aromatic N) is 1. The summed E-state index contributed by atoms with van der Waals surface area (Å²) in [6.45, 7) is 0. The van der Waals surface area contributed by atoms with Crippen LogP contribution in [-0.2, 0) is 0 Å². The monoisotopic (exact) mass is 169 g/mol. The topological polar surface area (TPSA) is 33.1 Å². The largest absolute Gasteiger partial charge is 0.506 e. The van der Waals surface area contributed by atoms with Crippen LogP contribution in [0.3, 0.4) is 0 Å². The summed E-state index contributed by atoms with van der Waals surface area (Å²) in [5.41, 5.74) is 0. The average molecular weight is 169 g/mol. The van der Waals surface area contributed by atoms with E-state index in [0.717, 1.165) is 4.90 Å². The third-order valence-corrected chi connectivity index (χ3v) is 2.63. The van der Waals surface area contributed by atoms with Gasteiger partial charge in [0.2, 0.25) is 0 Å². The highest BCUT2D eigenvalue weighted by atomic mass is 32.2. The van der Waals surface area contributed by atoms with E-state index in [4.69, 9.17) is 5.11 Å². The first kappa shape index (κ1) is 8.14. The summed E-state index contributed by atoms with van der Waals surface area (Å²) in [6, 6.07) is 1.66. The quantitative estimate of drug-likeness (QED) is 0.645. The van der Waals surface area contributed by atoms with Gasteiger partial charge in [0, 0.05) is 11.1 Å². The first-order chi connectivity index (χ1) is 5.00. The Morgan fingerprint density at radius 3 is 2.45 bits per heavy atom. The van der Waals surface area contributed by atoms with Gasteiger partial charge in [-0.1, -0.05) is 11.7 Å². The van der Waals surface area contributed by atoms with Crippen molar-refractivity contribution in [3.8, 4) is 5.75 Å². The second-order valence-electron chi connectivity index (χ2n) is 2.65. The van der Waals surface area contributed by atoms with E-state index in [-0.39, 0.29) is 5.75 Å². The maximum atomic E-state index is 9.07. The highest BCUT2D eigenvalue weighted by Gasteiger charge is 1.96. The molecule has 0 aromatic carbocycles. The Hall–Kier alpha value is -0.960. The lowest BCUT2D eigenvalue weighted by atomic mass is 10.5. The van der Waals surface area contributed by atoms with Crippen LogP contribution < -0.4 is 0 Å². The first-order valence-electron chi connectivity index (χ1n) is 3.08. The molecule has 0 atom stereocenters. The second-order valence-corrected chi connectivity index (χ2v) is 5.67. The van der Waals surface area contributed by atoms with E-state index < -0.39 is 9.21 Å². The molecule has 0 fully saturated rings. The number of aromatic nitrogens is 1. The van der Waals surface area contributed by atoms with Crippen molar-refractivity contribution in [2.24, 2.45) is 0 Å². The Morgan fingerprint density at radius 2 is 2.09 bits per heavy atom. The molecule has 0 amide bonds. The number of aromatic hydroxyl groups is 1. The van der Waals surface area contributed by atoms with Crippen LogP contribution in [0.2, 0.25) is 0 Å². The molecule has 0 spiro atoms. The van der Waals surface area contributed by atoms with Gasteiger partial charge in [-0.15, -0.1) is 0 Å². The van der Waals surface area contributed by atoms with Crippen molar-refractivity contribution in [2.45, 2.75) is 4.90 Å². The second kappa shape index (κ2) is 2.58. The normalized spacial score (nSPS) is 11.4. The fourth-order valence-electron chi connectivity index (χ4n) is 0.677. The fourth-order valence-corrected chi connectivity index (χ4v) is 1.40. The Bertz CT molecular complexity index is 354. The molecular weight excluding hydrogens is 158 g/mol. The molecule has 1 N–H and O–H groups in total. The summed E-state index contributed by atoms with van der Waals surface area (Å²) in [4.78, 5) is 4.76. The zero-order valence-electron chi connectivity index (χ0n) is 6.45. The first-order valence-corrected chi connectivity index (χ1v) is 5.46. The molecule has 60 valence electrons. The SMILES string of the molecule is C=S(=C)(C)c1cncc(O)c1. The third-order valence-electron chi connectivity index (χ3n) is 1.27. The van der Waals surface area contributed by atoms with Gasteiger partial charge < -0.3 is 5.11 Å². The molecule has 1 heterocycles. The minimum atomic E-state index is -1.25. The van der Waals surface area contributed by atoms with E-state index in [1.54, 1.807) is 12.3 Å². The molecule has 0 aliphatic rings. The van der Waals surface area contributed by atoms with Crippen molar-refractivity contribution in [2.75, 3.05) is 6.26 Å². The van der Waals surface area contributed by atoms with E-state index in [0.29, 0.717) is 0 Å². The molecule has 0 saturated heterocycles. The molecule has 0 bridgehead atoms. The summed E-state index contributed by atoms with van der Waals surface area (Å²) in [5.74, 6) is 7.98. The van der Waals surface area contributed by atoms with Gasteiger partial charge in [0.05, 0.1) is 6.20 Å². The molecular formula is C8H11NOS. The molecule has 2 nitrogen and oxygen atoms in total. The number of pyridine rings is 1. The predicted octanol–water partition coefficient (Wildman–Crippen LogP) is 1.44. The van der Waals surface area contributed by atoms with Gasteiger partial charge >= 0.3 is 0 Å². The maximum Gasteiger partial charge on any atom is 0.134 e. The molecule has 1 aromatic rings.